The summed E-state index contributed by atoms with van der Waals surface area (Å²) in [7, 11) is 4.67. The number of rotatable bonds is 8. The lowest BCUT2D eigenvalue weighted by Crippen LogP contribution is -2.32. The zero-order valence-corrected chi connectivity index (χ0v) is 17.3. The highest BCUT2D eigenvalue weighted by molar-refractivity contribution is 5.79. The predicted octanol–water partition coefficient (Wildman–Crippen LogP) is 3.07. The first kappa shape index (κ1) is 20.6. The number of ether oxygens (including phenoxy) is 5. The SMILES string of the molecule is CCN(Cc1cccc2c1OCCO2)C(=O)Cc1cc(OC)c(OC)c(OC)c1. The highest BCUT2D eigenvalue weighted by Gasteiger charge is 2.21. The van der Waals surface area contributed by atoms with Crippen LogP contribution < -0.4 is 23.7 Å². The van der Waals surface area contributed by atoms with Crippen molar-refractivity contribution in [1.29, 1.82) is 0 Å². The Bertz CT molecular complexity index is 841. The van der Waals surface area contributed by atoms with E-state index in [0.29, 0.717) is 43.6 Å². The first-order valence-corrected chi connectivity index (χ1v) is 9.55. The zero-order chi connectivity index (χ0) is 20.8. The largest absolute Gasteiger partial charge is 0.493 e. The van der Waals surface area contributed by atoms with Gasteiger partial charge in [0.05, 0.1) is 27.8 Å². The minimum atomic E-state index is -0.00361. The Balaban J connectivity index is 1.79. The second-order valence-electron chi connectivity index (χ2n) is 6.56. The number of carbonyl (C=O) groups is 1. The van der Waals surface area contributed by atoms with E-state index in [0.717, 1.165) is 22.6 Å². The third kappa shape index (κ3) is 4.50. The van der Waals surface area contributed by atoms with E-state index < -0.39 is 0 Å². The van der Waals surface area contributed by atoms with E-state index in [9.17, 15) is 4.79 Å². The summed E-state index contributed by atoms with van der Waals surface area (Å²) in [5.41, 5.74) is 1.72. The second-order valence-corrected chi connectivity index (χ2v) is 6.56. The molecule has 1 heterocycles. The first-order valence-electron chi connectivity index (χ1n) is 9.55. The molecule has 2 aromatic rings. The Morgan fingerprint density at radius 3 is 2.34 bits per heavy atom. The Labute approximate surface area is 171 Å². The number of hydrogen-bond donors (Lipinski definition) is 0. The minimum absolute atomic E-state index is 0.00361. The highest BCUT2D eigenvalue weighted by Crippen LogP contribution is 2.38. The van der Waals surface area contributed by atoms with E-state index in [-0.39, 0.29) is 12.3 Å². The van der Waals surface area contributed by atoms with Crippen molar-refractivity contribution >= 4 is 5.91 Å². The molecule has 0 bridgehead atoms. The van der Waals surface area contributed by atoms with Gasteiger partial charge in [0.2, 0.25) is 11.7 Å². The van der Waals surface area contributed by atoms with Crippen LogP contribution in [0.4, 0.5) is 0 Å². The van der Waals surface area contributed by atoms with Gasteiger partial charge in [0, 0.05) is 18.7 Å². The van der Waals surface area contributed by atoms with Crippen LogP contribution in [0, 0.1) is 0 Å². The smallest absolute Gasteiger partial charge is 0.227 e. The predicted molar refractivity (Wildman–Crippen MR) is 108 cm³/mol. The van der Waals surface area contributed by atoms with Crippen LogP contribution in [0.5, 0.6) is 28.7 Å². The van der Waals surface area contributed by atoms with E-state index >= 15 is 0 Å². The molecule has 0 atom stereocenters. The third-order valence-corrected chi connectivity index (χ3v) is 4.82. The van der Waals surface area contributed by atoms with Gasteiger partial charge in [-0.3, -0.25) is 4.79 Å². The summed E-state index contributed by atoms with van der Waals surface area (Å²) >= 11 is 0. The van der Waals surface area contributed by atoms with Crippen molar-refractivity contribution in [3.05, 3.63) is 41.5 Å². The number of para-hydroxylation sites is 1. The number of methoxy groups -OCH3 is 3. The van der Waals surface area contributed by atoms with Crippen molar-refractivity contribution in [2.45, 2.75) is 19.9 Å². The lowest BCUT2D eigenvalue weighted by molar-refractivity contribution is -0.130. The van der Waals surface area contributed by atoms with Crippen LogP contribution in [-0.4, -0.2) is 51.9 Å². The van der Waals surface area contributed by atoms with Crippen LogP contribution in [0.3, 0.4) is 0 Å². The average Bonchev–Trinajstić information content (AvgIpc) is 2.76. The van der Waals surface area contributed by atoms with E-state index in [1.54, 1.807) is 38.4 Å². The van der Waals surface area contributed by atoms with Gasteiger partial charge in [-0.25, -0.2) is 0 Å². The summed E-state index contributed by atoms with van der Waals surface area (Å²) < 4.78 is 27.5. The molecule has 0 saturated heterocycles. The Kier molecular flexibility index (Phi) is 6.69. The van der Waals surface area contributed by atoms with Gasteiger partial charge in [-0.2, -0.15) is 0 Å². The van der Waals surface area contributed by atoms with Crippen LogP contribution in [0.25, 0.3) is 0 Å². The van der Waals surface area contributed by atoms with Crippen LogP contribution in [0.15, 0.2) is 30.3 Å². The van der Waals surface area contributed by atoms with Crippen LogP contribution in [0.1, 0.15) is 18.1 Å². The van der Waals surface area contributed by atoms with Gasteiger partial charge in [-0.1, -0.05) is 12.1 Å². The third-order valence-electron chi connectivity index (χ3n) is 4.82. The number of fused-ring (bicyclic) bond motifs is 1. The van der Waals surface area contributed by atoms with E-state index in [2.05, 4.69) is 0 Å². The summed E-state index contributed by atoms with van der Waals surface area (Å²) in [4.78, 5) is 14.8. The van der Waals surface area contributed by atoms with Gasteiger partial charge < -0.3 is 28.6 Å². The molecule has 0 saturated carbocycles. The minimum Gasteiger partial charge on any atom is -0.493 e. The molecule has 0 radical (unpaired) electrons. The van der Waals surface area contributed by atoms with Crippen molar-refractivity contribution in [1.82, 2.24) is 4.90 Å². The highest BCUT2D eigenvalue weighted by atomic mass is 16.6. The molecule has 0 spiro atoms. The molecule has 7 heteroatoms. The molecule has 0 aliphatic carbocycles. The van der Waals surface area contributed by atoms with Crippen molar-refractivity contribution in [2.75, 3.05) is 41.1 Å². The molecule has 0 N–H and O–H groups in total. The number of benzene rings is 2. The molecule has 156 valence electrons. The molecule has 1 aliphatic heterocycles. The maximum Gasteiger partial charge on any atom is 0.227 e. The number of hydrogen-bond acceptors (Lipinski definition) is 6. The molecular weight excluding hydrogens is 374 g/mol. The molecule has 3 rings (SSSR count). The maximum atomic E-state index is 13.0. The maximum absolute atomic E-state index is 13.0. The van der Waals surface area contributed by atoms with Gasteiger partial charge in [0.1, 0.15) is 13.2 Å². The fourth-order valence-electron chi connectivity index (χ4n) is 3.36. The standard InChI is InChI=1S/C22H27NO6/c1-5-23(14-16-7-6-8-17-21(16)29-10-9-28-17)20(24)13-15-11-18(25-2)22(27-4)19(12-15)26-3/h6-8,11-12H,5,9-10,13-14H2,1-4H3. The summed E-state index contributed by atoms with van der Waals surface area (Å²) in [5.74, 6) is 3.00. The van der Waals surface area contributed by atoms with E-state index in [1.807, 2.05) is 25.1 Å². The van der Waals surface area contributed by atoms with Gasteiger partial charge >= 0.3 is 0 Å². The Morgan fingerprint density at radius 2 is 1.72 bits per heavy atom. The summed E-state index contributed by atoms with van der Waals surface area (Å²) in [6.45, 7) is 4.03. The average molecular weight is 401 g/mol. The van der Waals surface area contributed by atoms with Gasteiger partial charge in [-0.15, -0.1) is 0 Å². The van der Waals surface area contributed by atoms with Crippen LogP contribution in [0.2, 0.25) is 0 Å². The molecule has 0 fully saturated rings. The molecule has 1 amide bonds. The Morgan fingerprint density at radius 1 is 1.03 bits per heavy atom. The number of carbonyl (C=O) groups excluding carboxylic acids is 1. The van der Waals surface area contributed by atoms with Gasteiger partial charge in [0.25, 0.3) is 0 Å². The van der Waals surface area contributed by atoms with E-state index in [4.69, 9.17) is 23.7 Å². The normalized spacial score (nSPS) is 12.3. The number of amides is 1. The monoisotopic (exact) mass is 401 g/mol. The van der Waals surface area contributed by atoms with Gasteiger partial charge in [-0.05, 0) is 30.7 Å². The van der Waals surface area contributed by atoms with Crippen molar-refractivity contribution < 1.29 is 28.5 Å². The lowest BCUT2D eigenvalue weighted by atomic mass is 10.1. The lowest BCUT2D eigenvalue weighted by Gasteiger charge is -2.25. The van der Waals surface area contributed by atoms with Crippen molar-refractivity contribution in [2.24, 2.45) is 0 Å². The second kappa shape index (κ2) is 9.41. The quantitative estimate of drug-likeness (QED) is 0.677. The topological polar surface area (TPSA) is 66.5 Å². The fourth-order valence-corrected chi connectivity index (χ4v) is 3.36. The van der Waals surface area contributed by atoms with Crippen molar-refractivity contribution in [3.8, 4) is 28.7 Å². The zero-order valence-electron chi connectivity index (χ0n) is 17.3. The van der Waals surface area contributed by atoms with Crippen LogP contribution in [-0.2, 0) is 17.8 Å². The first-order chi connectivity index (χ1) is 14.1. The van der Waals surface area contributed by atoms with Gasteiger partial charge in [0.15, 0.2) is 23.0 Å². The summed E-state index contributed by atoms with van der Waals surface area (Å²) in [5, 5.41) is 0. The molecule has 29 heavy (non-hydrogen) atoms. The number of nitrogens with zero attached hydrogens (tertiary/aromatic N) is 1. The van der Waals surface area contributed by atoms with E-state index in [1.165, 1.54) is 0 Å². The molecule has 0 unspecified atom stereocenters. The molecular formula is C22H27NO6. The summed E-state index contributed by atoms with van der Waals surface area (Å²) in [6, 6.07) is 9.36. The van der Waals surface area contributed by atoms with Crippen molar-refractivity contribution in [3.63, 3.8) is 0 Å². The number of likely N-dealkylation sites (N-methyl/N-ethyl adjacent to an activating group) is 1. The fraction of sp³-hybridized carbons (Fsp3) is 0.409. The molecule has 2 aromatic carbocycles. The van der Waals surface area contributed by atoms with Crippen LogP contribution >= 0.6 is 0 Å². The summed E-state index contributed by atoms with van der Waals surface area (Å²) in [6.07, 6.45) is 0.219. The molecule has 1 aliphatic rings. The molecule has 7 nitrogen and oxygen atoms in total. The molecule has 0 aromatic heterocycles. The Hall–Kier alpha value is -3.09.